The highest BCUT2D eigenvalue weighted by Crippen LogP contribution is 2.53. The first-order valence-electron chi connectivity index (χ1n) is 31.8. The van der Waals surface area contributed by atoms with E-state index in [0.717, 1.165) is 26.2 Å². The molecule has 6 aliphatic heterocycles. The van der Waals surface area contributed by atoms with Crippen molar-refractivity contribution in [2.75, 3.05) is 13.1 Å². The minimum absolute atomic E-state index is 0.196. The number of thioether (sulfide) groups is 3. The fourth-order valence-corrected chi connectivity index (χ4v) is 18.0. The van der Waals surface area contributed by atoms with Crippen LogP contribution in [0.2, 0.25) is 10.0 Å². The van der Waals surface area contributed by atoms with Gasteiger partial charge in [-0.05, 0) is 84.2 Å². The van der Waals surface area contributed by atoms with Gasteiger partial charge in [0.05, 0.1) is 10.0 Å². The minimum atomic E-state index is -1.06. The Labute approximate surface area is 598 Å². The van der Waals surface area contributed by atoms with Gasteiger partial charge in [0.25, 0.3) is 11.8 Å². The molecule has 6 saturated heterocycles. The van der Waals surface area contributed by atoms with E-state index < -0.39 is 115 Å². The van der Waals surface area contributed by atoms with Crippen LogP contribution in [0.4, 0.5) is 0 Å². The van der Waals surface area contributed by atoms with E-state index in [0.29, 0.717) is 38.3 Å². The van der Waals surface area contributed by atoms with Crippen LogP contribution < -0.4 is 32.3 Å². The molecule has 10 N–H and O–H groups in total. The fraction of sp³-hybridized carbons (Fsp3) is 0.357. The van der Waals surface area contributed by atoms with Crippen LogP contribution in [-0.2, 0) is 46.7 Å². The average Bonchev–Trinajstić information content (AvgIpc) is 1.56. The first-order chi connectivity index (χ1) is 47.4. The maximum atomic E-state index is 13.0. The number of benzene rings is 5. The second-order valence-electron chi connectivity index (χ2n) is 25.8. The highest BCUT2D eigenvalue weighted by Gasteiger charge is 2.67. The number of hydrogen-bond acceptors (Lipinski definition) is 19. The maximum absolute atomic E-state index is 13.0. The van der Waals surface area contributed by atoms with Crippen LogP contribution in [0.3, 0.4) is 0 Å². The zero-order valence-corrected chi connectivity index (χ0v) is 59.5. The highest BCUT2D eigenvalue weighted by molar-refractivity contribution is 8.02. The summed E-state index contributed by atoms with van der Waals surface area (Å²) in [5.74, 6) is -5.25. The normalized spacial score (nSPS) is 23.1. The number of carboxylic acid groups (broad SMARTS) is 3. The Morgan fingerprint density at radius 3 is 1.14 bits per heavy atom. The molecule has 0 aliphatic carbocycles. The number of aromatic nitrogens is 2. The van der Waals surface area contributed by atoms with Crippen LogP contribution in [0.5, 0.6) is 0 Å². The van der Waals surface area contributed by atoms with Crippen molar-refractivity contribution in [3.8, 4) is 22.5 Å². The van der Waals surface area contributed by atoms with Crippen molar-refractivity contribution >= 4 is 112 Å². The molecule has 8 heterocycles. The number of aliphatic carboxylic acids is 3. The van der Waals surface area contributed by atoms with Crippen LogP contribution in [0.25, 0.3) is 22.5 Å². The van der Waals surface area contributed by atoms with Crippen LogP contribution in [0.1, 0.15) is 96.5 Å². The number of amides is 6. The molecule has 6 fully saturated rings. The number of carboxylic acids is 3. The van der Waals surface area contributed by atoms with Gasteiger partial charge in [-0.3, -0.25) is 28.8 Å². The zero-order chi connectivity index (χ0) is 72.3. The summed E-state index contributed by atoms with van der Waals surface area (Å²) in [6.07, 6.45) is 0. The Bertz CT molecular complexity index is 4040. The molecular weight excluding hydrogens is 1390 g/mol. The summed E-state index contributed by atoms with van der Waals surface area (Å²) in [6.45, 7) is 17.7. The lowest BCUT2D eigenvalue weighted by Crippen LogP contribution is -2.71. The molecule has 5 aromatic carbocycles. The molecule has 0 unspecified atom stereocenters. The molecule has 6 amide bonds. The summed E-state index contributed by atoms with van der Waals surface area (Å²) in [7, 11) is 0. The van der Waals surface area contributed by atoms with Gasteiger partial charge in [-0.2, -0.15) is 0 Å². The third kappa shape index (κ3) is 15.3. The van der Waals surface area contributed by atoms with Gasteiger partial charge in [-0.25, -0.2) is 14.4 Å². The van der Waals surface area contributed by atoms with Crippen molar-refractivity contribution in [2.24, 2.45) is 5.73 Å². The Kier molecular flexibility index (Phi) is 22.6. The summed E-state index contributed by atoms with van der Waals surface area (Å²) >= 11 is 16.6. The molecule has 0 radical (unpaired) electrons. The van der Waals surface area contributed by atoms with Crippen molar-refractivity contribution in [1.29, 1.82) is 0 Å². The SMILES string of the molecule is CC1(C)S[C@@H]2[C@H](NC(=O)[C@H](N)c3ccccc3)C(=O)N2[C@H]1C(=O)O.Cc1onc(-c2ccccc2Cl)c1C(=O)N[C@@H]1C(=O)N2[C@@H]1SC(C)(C)[C@@H]2C(=O)O.Cc1onc(-c2ccccc2Cl)c1C(=O)N[C@@H]1C(=O)N2[C@@H]1SC(C)(C)[C@@H]2C(=O)O.c1ccc(CNCCNCc2ccccc2)cc1. The zero-order valence-electron chi connectivity index (χ0n) is 55.5. The quantitative estimate of drug-likeness (QED) is 0.0273. The second kappa shape index (κ2) is 30.6. The molecule has 0 saturated carbocycles. The number of nitrogens with zero attached hydrogens (tertiary/aromatic N) is 5. The molecular formula is C70H75Cl2N11O14S3. The standard InChI is InChI=1S/2C19H18ClN3O5S.C16H19N3O4S.C16H20N2/c2*1-8-11(12(22-28-8)9-6-4-5-7-10(9)20)15(24)21-13-16(25)23-14(18(26)27)19(2,3)29-17(13)23;1-16(2)11(15(22)23)19-13(21)10(14(19)24-16)18-12(20)9(17)8-6-4-3-5-7-8;1-3-7-15(8-4-1)13-17-11-12-18-14-16-9-5-2-6-10-16/h2*4-7,13-14,17H,1-3H3,(H,21,24)(H,26,27);3-7,9-11,14H,17H2,1-2H3,(H,18,20)(H,22,23);1-10,17-18H,11-14H2/t2*13-,14+,17-;9-,10-,11+,14-;/m111./s1. The van der Waals surface area contributed by atoms with Crippen LogP contribution >= 0.6 is 58.5 Å². The predicted molar refractivity (Wildman–Crippen MR) is 379 cm³/mol. The summed E-state index contributed by atoms with van der Waals surface area (Å²) in [5.41, 5.74) is 11.3. The number of halogens is 2. The Balaban J connectivity index is 0.000000146. The number of fused-ring (bicyclic) bond motifs is 3. The summed E-state index contributed by atoms with van der Waals surface area (Å²) in [5, 5.41) is 50.9. The van der Waals surface area contributed by atoms with Crippen molar-refractivity contribution in [1.82, 2.24) is 51.6 Å². The van der Waals surface area contributed by atoms with E-state index in [2.05, 4.69) is 85.4 Å². The molecule has 25 nitrogen and oxygen atoms in total. The van der Waals surface area contributed by atoms with Crippen molar-refractivity contribution < 1.29 is 67.5 Å². The van der Waals surface area contributed by atoms with Gasteiger partial charge in [0.2, 0.25) is 23.6 Å². The van der Waals surface area contributed by atoms with Crippen LogP contribution in [-0.4, -0.2) is 173 Å². The van der Waals surface area contributed by atoms with Crippen molar-refractivity contribution in [3.05, 3.63) is 189 Å². The van der Waals surface area contributed by atoms with Crippen molar-refractivity contribution in [3.63, 3.8) is 0 Å². The largest absolute Gasteiger partial charge is 0.480 e. The van der Waals surface area contributed by atoms with Gasteiger partial charge in [-0.15, -0.1) is 35.3 Å². The van der Waals surface area contributed by atoms with Crippen molar-refractivity contribution in [2.45, 2.75) is 141 Å². The van der Waals surface area contributed by atoms with Crippen LogP contribution in [0, 0.1) is 13.8 Å². The highest BCUT2D eigenvalue weighted by atomic mass is 35.5. The topological polar surface area (TPSA) is 362 Å². The van der Waals surface area contributed by atoms with Gasteiger partial charge < -0.3 is 71.4 Å². The Morgan fingerprint density at radius 1 is 0.500 bits per heavy atom. The molecule has 13 rings (SSSR count). The fourth-order valence-electron chi connectivity index (χ4n) is 12.7. The van der Waals surface area contributed by atoms with E-state index in [4.69, 9.17) is 38.0 Å². The number of β-lactam (4-membered cyclic amide) rings is 3. The lowest BCUT2D eigenvalue weighted by molar-refractivity contribution is -0.161. The van der Waals surface area contributed by atoms with Crippen LogP contribution in [0.15, 0.2) is 149 Å². The summed E-state index contributed by atoms with van der Waals surface area (Å²) in [4.78, 5) is 115. The molecule has 30 heteroatoms. The van der Waals surface area contributed by atoms with E-state index in [1.165, 1.54) is 61.1 Å². The van der Waals surface area contributed by atoms with E-state index in [-0.39, 0.29) is 33.8 Å². The van der Waals surface area contributed by atoms with Gasteiger partial charge in [0, 0.05) is 51.5 Å². The Morgan fingerprint density at radius 2 is 0.810 bits per heavy atom. The van der Waals surface area contributed by atoms with E-state index in [1.807, 2.05) is 18.2 Å². The van der Waals surface area contributed by atoms with E-state index in [1.54, 1.807) is 128 Å². The molecule has 0 spiro atoms. The number of carbonyl (C=O) groups is 9. The number of nitrogens with two attached hydrogens (primary N) is 1. The summed E-state index contributed by atoms with van der Waals surface area (Å²) < 4.78 is 8.47. The van der Waals surface area contributed by atoms with Gasteiger partial charge in [-0.1, -0.05) is 161 Å². The Hall–Kier alpha value is -8.74. The predicted octanol–water partition coefficient (Wildman–Crippen LogP) is 7.98. The lowest BCUT2D eigenvalue weighted by Gasteiger charge is -2.43. The van der Waals surface area contributed by atoms with E-state index in [9.17, 15) is 58.5 Å². The number of hydrogen-bond donors (Lipinski definition) is 9. The molecule has 6 aliphatic rings. The first kappa shape index (κ1) is 74.0. The minimum Gasteiger partial charge on any atom is -0.480 e. The third-order valence-corrected chi connectivity index (χ3v) is 23.0. The second-order valence-corrected chi connectivity index (χ2v) is 31.9. The molecule has 2 aromatic heterocycles. The first-order valence-corrected chi connectivity index (χ1v) is 35.2. The number of nitrogens with one attached hydrogen (secondary N) is 5. The third-order valence-electron chi connectivity index (χ3n) is 17.6. The molecule has 10 atom stereocenters. The number of aryl methyl sites for hydroxylation is 2. The maximum Gasteiger partial charge on any atom is 0.327 e. The number of carbonyl (C=O) groups excluding carboxylic acids is 6. The van der Waals surface area contributed by atoms with E-state index >= 15 is 0 Å². The van der Waals surface area contributed by atoms with Gasteiger partial charge in [0.1, 0.15) is 92.4 Å². The molecule has 526 valence electrons. The lowest BCUT2D eigenvalue weighted by atomic mass is 9.95. The van der Waals surface area contributed by atoms with Gasteiger partial charge in [0.15, 0.2) is 0 Å². The monoisotopic (exact) mass is 1460 g/mol. The molecule has 0 bridgehead atoms. The van der Waals surface area contributed by atoms with Gasteiger partial charge >= 0.3 is 17.9 Å². The number of rotatable bonds is 19. The smallest absolute Gasteiger partial charge is 0.327 e. The summed E-state index contributed by atoms with van der Waals surface area (Å²) in [6, 6.07) is 37.7. The molecule has 100 heavy (non-hydrogen) atoms. The average molecular weight is 1460 g/mol. The molecule has 7 aromatic rings.